The topological polar surface area (TPSA) is 72.2 Å². The quantitative estimate of drug-likeness (QED) is 0.888. The van der Waals surface area contributed by atoms with Gasteiger partial charge in [0.25, 0.3) is 0 Å². The Morgan fingerprint density at radius 1 is 1.05 bits per heavy atom. The van der Waals surface area contributed by atoms with E-state index in [-0.39, 0.29) is 10.7 Å². The first-order valence-electron chi connectivity index (χ1n) is 6.44. The molecule has 0 spiro atoms. The molecular weight excluding hydrogens is 291 g/mol. The van der Waals surface area contributed by atoms with E-state index >= 15 is 0 Å². The molecule has 4 nitrogen and oxygen atoms in total. The van der Waals surface area contributed by atoms with Crippen molar-refractivity contribution in [3.05, 3.63) is 65.0 Å². The molecule has 21 heavy (non-hydrogen) atoms. The van der Waals surface area contributed by atoms with Crippen molar-refractivity contribution < 1.29 is 12.8 Å². The van der Waals surface area contributed by atoms with Gasteiger partial charge in [-0.3, -0.25) is 0 Å². The van der Waals surface area contributed by atoms with E-state index in [1.165, 1.54) is 18.2 Å². The van der Waals surface area contributed by atoms with E-state index in [1.807, 2.05) is 0 Å². The van der Waals surface area contributed by atoms with Crippen molar-refractivity contribution in [3.8, 4) is 0 Å². The molecule has 0 atom stereocenters. The third-order valence-electron chi connectivity index (χ3n) is 3.13. The fourth-order valence-corrected chi connectivity index (χ4v) is 2.48. The molecule has 2 rings (SSSR count). The Bertz CT molecular complexity index is 728. The van der Waals surface area contributed by atoms with Crippen molar-refractivity contribution in [2.75, 3.05) is 0 Å². The minimum absolute atomic E-state index is 0.0976. The molecule has 3 N–H and O–H groups in total. The van der Waals surface area contributed by atoms with Gasteiger partial charge in [0.2, 0.25) is 10.0 Å². The SMILES string of the molecule is Cc1cc(CNCc2ccc(S(N)(=O)=O)cc2)ccc1F. The van der Waals surface area contributed by atoms with Crippen LogP contribution in [0.1, 0.15) is 16.7 Å². The fraction of sp³-hybridized carbons (Fsp3) is 0.200. The lowest BCUT2D eigenvalue weighted by Crippen LogP contribution is -2.14. The highest BCUT2D eigenvalue weighted by Crippen LogP contribution is 2.10. The number of hydrogen-bond acceptors (Lipinski definition) is 3. The predicted octanol–water partition coefficient (Wildman–Crippen LogP) is 2.07. The van der Waals surface area contributed by atoms with Crippen LogP contribution in [0.2, 0.25) is 0 Å². The van der Waals surface area contributed by atoms with Crippen LogP contribution in [0.3, 0.4) is 0 Å². The summed E-state index contributed by atoms with van der Waals surface area (Å²) >= 11 is 0. The molecule has 0 aromatic heterocycles. The second kappa shape index (κ2) is 6.34. The van der Waals surface area contributed by atoms with Gasteiger partial charge in [0.15, 0.2) is 0 Å². The van der Waals surface area contributed by atoms with E-state index in [0.29, 0.717) is 18.7 Å². The van der Waals surface area contributed by atoms with E-state index in [9.17, 15) is 12.8 Å². The van der Waals surface area contributed by atoms with Crippen molar-refractivity contribution in [3.63, 3.8) is 0 Å². The first-order valence-corrected chi connectivity index (χ1v) is 7.98. The second-order valence-electron chi connectivity index (χ2n) is 4.88. The van der Waals surface area contributed by atoms with Crippen LogP contribution in [0.4, 0.5) is 4.39 Å². The Hall–Kier alpha value is -1.76. The summed E-state index contributed by atoms with van der Waals surface area (Å²) < 4.78 is 35.4. The molecule has 2 aromatic carbocycles. The maximum absolute atomic E-state index is 13.1. The first kappa shape index (κ1) is 15.6. The lowest BCUT2D eigenvalue weighted by molar-refractivity contribution is 0.597. The molecule has 0 bridgehead atoms. The standard InChI is InChI=1S/C15H17FN2O2S/c1-11-8-13(4-7-15(11)16)10-18-9-12-2-5-14(6-3-12)21(17,19)20/h2-8,18H,9-10H2,1H3,(H2,17,19,20). The van der Waals surface area contributed by atoms with E-state index in [0.717, 1.165) is 11.1 Å². The average Bonchev–Trinajstić information content (AvgIpc) is 2.42. The molecule has 0 saturated heterocycles. The molecule has 6 heteroatoms. The summed E-state index contributed by atoms with van der Waals surface area (Å²) in [7, 11) is -3.65. The van der Waals surface area contributed by atoms with Crippen molar-refractivity contribution in [2.45, 2.75) is 24.9 Å². The lowest BCUT2D eigenvalue weighted by Gasteiger charge is -2.07. The molecule has 0 fully saturated rings. The third kappa shape index (κ3) is 4.35. The van der Waals surface area contributed by atoms with Gasteiger partial charge in [-0.2, -0.15) is 0 Å². The first-order chi connectivity index (χ1) is 9.86. The van der Waals surface area contributed by atoms with Crippen LogP contribution in [-0.2, 0) is 23.1 Å². The fourth-order valence-electron chi connectivity index (χ4n) is 1.96. The summed E-state index contributed by atoms with van der Waals surface area (Å²) in [5.41, 5.74) is 2.56. The van der Waals surface area contributed by atoms with Crippen LogP contribution in [0.15, 0.2) is 47.4 Å². The largest absolute Gasteiger partial charge is 0.309 e. The Morgan fingerprint density at radius 2 is 1.62 bits per heavy atom. The minimum atomic E-state index is -3.65. The zero-order valence-corrected chi connectivity index (χ0v) is 12.5. The molecular formula is C15H17FN2O2S. The van der Waals surface area contributed by atoms with Gasteiger partial charge in [-0.25, -0.2) is 17.9 Å². The highest BCUT2D eigenvalue weighted by molar-refractivity contribution is 7.89. The number of benzene rings is 2. The van der Waals surface area contributed by atoms with Crippen LogP contribution in [0.25, 0.3) is 0 Å². The molecule has 0 aliphatic rings. The summed E-state index contributed by atoms with van der Waals surface area (Å²) in [6.07, 6.45) is 0. The maximum atomic E-state index is 13.1. The summed E-state index contributed by atoms with van der Waals surface area (Å²) in [5, 5.41) is 8.25. The van der Waals surface area contributed by atoms with E-state index in [4.69, 9.17) is 5.14 Å². The molecule has 0 heterocycles. The van der Waals surface area contributed by atoms with Crippen molar-refractivity contribution in [1.82, 2.24) is 5.32 Å². The zero-order valence-electron chi connectivity index (χ0n) is 11.6. The molecule has 0 saturated carbocycles. The van der Waals surface area contributed by atoms with Crippen LogP contribution in [-0.4, -0.2) is 8.42 Å². The van der Waals surface area contributed by atoms with Crippen molar-refractivity contribution >= 4 is 10.0 Å². The Morgan fingerprint density at radius 3 is 2.19 bits per heavy atom. The normalized spacial score (nSPS) is 11.6. The molecule has 0 amide bonds. The third-order valence-corrected chi connectivity index (χ3v) is 4.06. The van der Waals surface area contributed by atoms with E-state index < -0.39 is 10.0 Å². The van der Waals surface area contributed by atoms with Gasteiger partial charge in [0.05, 0.1) is 4.90 Å². The number of nitrogens with one attached hydrogen (secondary N) is 1. The number of hydrogen-bond donors (Lipinski definition) is 2. The van der Waals surface area contributed by atoms with Crippen LogP contribution >= 0.6 is 0 Å². The summed E-state index contributed by atoms with van der Waals surface area (Å²) in [5.74, 6) is -0.211. The number of nitrogens with two attached hydrogens (primary N) is 1. The molecule has 0 unspecified atom stereocenters. The number of primary sulfonamides is 1. The van der Waals surface area contributed by atoms with Gasteiger partial charge < -0.3 is 5.32 Å². The Labute approximate surface area is 123 Å². The van der Waals surface area contributed by atoms with Gasteiger partial charge in [-0.05, 0) is 41.8 Å². The van der Waals surface area contributed by atoms with Gasteiger partial charge in [0, 0.05) is 13.1 Å². The predicted molar refractivity (Wildman–Crippen MR) is 79.5 cm³/mol. The van der Waals surface area contributed by atoms with Crippen molar-refractivity contribution in [1.29, 1.82) is 0 Å². The molecule has 112 valence electrons. The minimum Gasteiger partial charge on any atom is -0.309 e. The van der Waals surface area contributed by atoms with E-state index in [1.54, 1.807) is 31.2 Å². The van der Waals surface area contributed by atoms with Gasteiger partial charge in [-0.15, -0.1) is 0 Å². The maximum Gasteiger partial charge on any atom is 0.238 e. The van der Waals surface area contributed by atoms with Crippen molar-refractivity contribution in [2.24, 2.45) is 5.14 Å². The van der Waals surface area contributed by atoms with Gasteiger partial charge in [0.1, 0.15) is 5.82 Å². The number of halogens is 1. The van der Waals surface area contributed by atoms with Crippen LogP contribution in [0.5, 0.6) is 0 Å². The highest BCUT2D eigenvalue weighted by atomic mass is 32.2. The van der Waals surface area contributed by atoms with Gasteiger partial charge >= 0.3 is 0 Å². The zero-order chi connectivity index (χ0) is 15.5. The highest BCUT2D eigenvalue weighted by Gasteiger charge is 2.06. The number of aryl methyl sites for hydroxylation is 1. The summed E-state index contributed by atoms with van der Waals surface area (Å²) in [6, 6.07) is 11.4. The van der Waals surface area contributed by atoms with Crippen LogP contribution in [0, 0.1) is 12.7 Å². The number of rotatable bonds is 5. The molecule has 0 aliphatic carbocycles. The molecule has 2 aromatic rings. The van der Waals surface area contributed by atoms with Crippen LogP contribution < -0.4 is 10.5 Å². The second-order valence-corrected chi connectivity index (χ2v) is 6.44. The number of sulfonamides is 1. The smallest absolute Gasteiger partial charge is 0.238 e. The Balaban J connectivity index is 1.93. The molecule has 0 radical (unpaired) electrons. The van der Waals surface area contributed by atoms with E-state index in [2.05, 4.69) is 5.32 Å². The summed E-state index contributed by atoms with van der Waals surface area (Å²) in [4.78, 5) is 0.0976. The average molecular weight is 308 g/mol. The summed E-state index contributed by atoms with van der Waals surface area (Å²) in [6.45, 7) is 2.92. The monoisotopic (exact) mass is 308 g/mol. The van der Waals surface area contributed by atoms with Gasteiger partial charge in [-0.1, -0.05) is 24.3 Å². The molecule has 0 aliphatic heterocycles. The Kier molecular flexibility index (Phi) is 4.72. The lowest BCUT2D eigenvalue weighted by atomic mass is 10.1.